The molecule has 0 bridgehead atoms. The zero-order chi connectivity index (χ0) is 20.3. The lowest BCUT2D eigenvalue weighted by Gasteiger charge is -2.07. The minimum absolute atomic E-state index is 0.239. The van der Waals surface area contributed by atoms with Gasteiger partial charge in [0, 0.05) is 18.9 Å². The van der Waals surface area contributed by atoms with Crippen LogP contribution in [0.25, 0.3) is 11.4 Å². The number of rotatable bonds is 6. The molecule has 0 aliphatic rings. The molecule has 2 aromatic heterocycles. The van der Waals surface area contributed by atoms with Gasteiger partial charge in [-0.05, 0) is 49.2 Å². The Morgan fingerprint density at radius 2 is 1.82 bits per heavy atom. The number of aromatic nitrogens is 4. The largest absolute Gasteiger partial charge is 0.368 e. The first-order valence-electron chi connectivity index (χ1n) is 8.61. The highest BCUT2D eigenvalue weighted by molar-refractivity contribution is 5.95. The molecule has 28 heavy (non-hydrogen) atoms. The maximum atomic E-state index is 12.2. The van der Waals surface area contributed by atoms with Crippen LogP contribution in [0.4, 0.5) is 11.6 Å². The molecular formula is C19H21N7O2. The van der Waals surface area contributed by atoms with Gasteiger partial charge in [-0.2, -0.15) is 5.10 Å². The van der Waals surface area contributed by atoms with Crippen molar-refractivity contribution in [2.75, 3.05) is 11.9 Å². The molecule has 0 saturated carbocycles. The third-order valence-corrected chi connectivity index (χ3v) is 3.93. The van der Waals surface area contributed by atoms with Crippen molar-refractivity contribution in [2.45, 2.75) is 13.8 Å². The maximum Gasteiger partial charge on any atom is 0.269 e. The van der Waals surface area contributed by atoms with Gasteiger partial charge < -0.3 is 16.4 Å². The molecule has 0 unspecified atom stereocenters. The molecule has 9 heteroatoms. The number of carbonyl (C=O) groups excluding carboxylic acids is 2. The van der Waals surface area contributed by atoms with E-state index in [9.17, 15) is 9.59 Å². The summed E-state index contributed by atoms with van der Waals surface area (Å²) >= 11 is 0. The summed E-state index contributed by atoms with van der Waals surface area (Å²) in [6.07, 6.45) is 1.62. The lowest BCUT2D eigenvalue weighted by Crippen LogP contribution is -2.34. The van der Waals surface area contributed by atoms with Crippen molar-refractivity contribution in [3.63, 3.8) is 0 Å². The van der Waals surface area contributed by atoms with Crippen molar-refractivity contribution in [1.82, 2.24) is 25.1 Å². The van der Waals surface area contributed by atoms with Crippen LogP contribution in [0.5, 0.6) is 0 Å². The molecule has 0 aliphatic carbocycles. The third kappa shape index (κ3) is 4.50. The van der Waals surface area contributed by atoms with Gasteiger partial charge in [-0.25, -0.2) is 9.97 Å². The van der Waals surface area contributed by atoms with Crippen LogP contribution in [0.2, 0.25) is 0 Å². The second kappa shape index (κ2) is 7.87. The Kier molecular flexibility index (Phi) is 5.35. The van der Waals surface area contributed by atoms with Crippen molar-refractivity contribution < 1.29 is 9.59 Å². The minimum Gasteiger partial charge on any atom is -0.368 e. The third-order valence-electron chi connectivity index (χ3n) is 3.93. The van der Waals surface area contributed by atoms with Gasteiger partial charge >= 0.3 is 0 Å². The van der Waals surface area contributed by atoms with Gasteiger partial charge in [0.1, 0.15) is 11.4 Å². The Labute approximate surface area is 162 Å². The normalized spacial score (nSPS) is 10.5. The topological polar surface area (TPSA) is 128 Å². The monoisotopic (exact) mass is 379 g/mol. The highest BCUT2D eigenvalue weighted by Crippen LogP contribution is 2.21. The molecule has 2 amide bonds. The number of hydrogen-bond acceptors (Lipinski definition) is 6. The molecule has 0 atom stereocenters. The zero-order valence-electron chi connectivity index (χ0n) is 15.9. The summed E-state index contributed by atoms with van der Waals surface area (Å²) in [5.74, 6) is -0.635. The number of aryl methyl sites for hydroxylation is 3. The van der Waals surface area contributed by atoms with E-state index < -0.39 is 11.8 Å². The number of anilines is 2. The van der Waals surface area contributed by atoms with Crippen molar-refractivity contribution >= 4 is 23.5 Å². The fourth-order valence-electron chi connectivity index (χ4n) is 2.80. The lowest BCUT2D eigenvalue weighted by atomic mass is 10.1. The molecule has 9 nitrogen and oxygen atoms in total. The lowest BCUT2D eigenvalue weighted by molar-refractivity contribution is -0.117. The fraction of sp³-hybridized carbons (Fsp3) is 0.211. The Morgan fingerprint density at radius 1 is 1.11 bits per heavy atom. The standard InChI is InChI=1S/C19H21N7O2/c1-11-6-12(2)8-13(7-11)23-19-21-5-4-14(24-19)15-9-16(26(3)25-15)18(28)22-10-17(20)27/h4-9H,10H2,1-3H3,(H2,20,27)(H,22,28)(H,21,23,24). The molecule has 0 aliphatic heterocycles. The van der Waals surface area contributed by atoms with Gasteiger partial charge in [-0.1, -0.05) is 6.07 Å². The first-order valence-corrected chi connectivity index (χ1v) is 8.61. The average Bonchev–Trinajstić information content (AvgIpc) is 3.01. The van der Waals surface area contributed by atoms with Gasteiger partial charge in [0.15, 0.2) is 0 Å². The van der Waals surface area contributed by atoms with Gasteiger partial charge in [0.2, 0.25) is 11.9 Å². The van der Waals surface area contributed by atoms with Gasteiger partial charge in [-0.3, -0.25) is 14.3 Å². The molecule has 0 saturated heterocycles. The van der Waals surface area contributed by atoms with E-state index in [0.29, 0.717) is 23.0 Å². The van der Waals surface area contributed by atoms with Crippen molar-refractivity contribution in [3.05, 3.63) is 53.3 Å². The first kappa shape index (κ1) is 19.0. The van der Waals surface area contributed by atoms with Crippen LogP contribution in [-0.4, -0.2) is 38.1 Å². The predicted molar refractivity (Wildman–Crippen MR) is 105 cm³/mol. The van der Waals surface area contributed by atoms with Crippen molar-refractivity contribution in [3.8, 4) is 11.4 Å². The van der Waals surface area contributed by atoms with E-state index in [1.54, 1.807) is 25.4 Å². The van der Waals surface area contributed by atoms with Crippen molar-refractivity contribution in [2.24, 2.45) is 12.8 Å². The van der Waals surface area contributed by atoms with Crippen molar-refractivity contribution in [1.29, 1.82) is 0 Å². The SMILES string of the molecule is Cc1cc(C)cc(Nc2nccc(-c3cc(C(=O)NCC(N)=O)n(C)n3)n2)c1. The number of nitrogens with two attached hydrogens (primary N) is 1. The van der Waals surface area contributed by atoms with Crippen LogP contribution in [0.3, 0.4) is 0 Å². The maximum absolute atomic E-state index is 12.2. The Hall–Kier alpha value is -3.75. The summed E-state index contributed by atoms with van der Waals surface area (Å²) in [6, 6.07) is 9.40. The predicted octanol–water partition coefficient (Wildman–Crippen LogP) is 1.45. The number of nitrogens with one attached hydrogen (secondary N) is 2. The van der Waals surface area contributed by atoms with Crippen LogP contribution in [-0.2, 0) is 11.8 Å². The zero-order valence-corrected chi connectivity index (χ0v) is 15.9. The van der Waals surface area contributed by atoms with E-state index in [2.05, 4.69) is 31.8 Å². The number of benzene rings is 1. The Balaban J connectivity index is 1.83. The second-order valence-electron chi connectivity index (χ2n) is 6.45. The van der Waals surface area contributed by atoms with Crippen LogP contribution >= 0.6 is 0 Å². The van der Waals surface area contributed by atoms with E-state index in [1.165, 1.54) is 4.68 Å². The Bertz CT molecular complexity index is 1020. The second-order valence-corrected chi connectivity index (χ2v) is 6.45. The summed E-state index contributed by atoms with van der Waals surface area (Å²) in [4.78, 5) is 31.7. The molecule has 3 aromatic rings. The highest BCUT2D eigenvalue weighted by atomic mass is 16.2. The number of primary amides is 1. The highest BCUT2D eigenvalue weighted by Gasteiger charge is 2.16. The van der Waals surface area contributed by atoms with Crippen LogP contribution in [0, 0.1) is 13.8 Å². The van der Waals surface area contributed by atoms with E-state index in [4.69, 9.17) is 5.73 Å². The molecular weight excluding hydrogens is 358 g/mol. The quantitative estimate of drug-likeness (QED) is 0.595. The van der Waals surface area contributed by atoms with E-state index in [1.807, 2.05) is 26.0 Å². The summed E-state index contributed by atoms with van der Waals surface area (Å²) in [5, 5.41) is 9.95. The summed E-state index contributed by atoms with van der Waals surface area (Å²) < 4.78 is 1.42. The smallest absolute Gasteiger partial charge is 0.269 e. The van der Waals surface area contributed by atoms with E-state index >= 15 is 0 Å². The molecule has 0 spiro atoms. The molecule has 1 aromatic carbocycles. The van der Waals surface area contributed by atoms with Gasteiger partial charge in [0.25, 0.3) is 5.91 Å². The van der Waals surface area contributed by atoms with E-state index in [0.717, 1.165) is 16.8 Å². The Morgan fingerprint density at radius 3 is 2.50 bits per heavy atom. The number of nitrogens with zero attached hydrogens (tertiary/aromatic N) is 4. The summed E-state index contributed by atoms with van der Waals surface area (Å²) in [7, 11) is 1.64. The molecule has 0 radical (unpaired) electrons. The molecule has 4 N–H and O–H groups in total. The minimum atomic E-state index is -0.617. The van der Waals surface area contributed by atoms with Crippen LogP contribution in [0.1, 0.15) is 21.6 Å². The van der Waals surface area contributed by atoms with Crippen LogP contribution < -0.4 is 16.4 Å². The first-order chi connectivity index (χ1) is 13.3. The van der Waals surface area contributed by atoms with Gasteiger partial charge in [-0.15, -0.1) is 0 Å². The molecule has 0 fully saturated rings. The summed E-state index contributed by atoms with van der Waals surface area (Å²) in [5.41, 5.74) is 9.57. The summed E-state index contributed by atoms with van der Waals surface area (Å²) in [6.45, 7) is 3.80. The van der Waals surface area contributed by atoms with E-state index in [-0.39, 0.29) is 6.54 Å². The van der Waals surface area contributed by atoms with Gasteiger partial charge in [0.05, 0.1) is 12.2 Å². The fourth-order valence-corrected chi connectivity index (χ4v) is 2.80. The number of hydrogen-bond donors (Lipinski definition) is 3. The number of amides is 2. The molecule has 2 heterocycles. The average molecular weight is 379 g/mol. The molecule has 3 rings (SSSR count). The van der Waals surface area contributed by atoms with Crippen LogP contribution in [0.15, 0.2) is 36.5 Å². The molecule has 144 valence electrons. The number of carbonyl (C=O) groups is 2.